The Kier molecular flexibility index (Phi) is 3.23. The summed E-state index contributed by atoms with van der Waals surface area (Å²) in [6, 6.07) is 0. The van der Waals surface area contributed by atoms with Gasteiger partial charge >= 0.3 is 6.18 Å². The Morgan fingerprint density at radius 3 is 2.67 bits per heavy atom. The van der Waals surface area contributed by atoms with Crippen LogP contribution in [0.5, 0.6) is 0 Å². The van der Waals surface area contributed by atoms with Crippen molar-refractivity contribution in [2.75, 3.05) is 6.61 Å². The SMILES string of the molecule is CC(CO)C1C(=O)N=CN=C1C(F)(F)F. The van der Waals surface area contributed by atoms with Crippen molar-refractivity contribution < 1.29 is 23.1 Å². The third kappa shape index (κ3) is 2.41. The molecule has 1 N–H and O–H groups in total. The lowest BCUT2D eigenvalue weighted by Crippen LogP contribution is -2.41. The maximum Gasteiger partial charge on any atom is 0.430 e. The summed E-state index contributed by atoms with van der Waals surface area (Å²) in [6.45, 7) is 0.811. The van der Waals surface area contributed by atoms with Gasteiger partial charge in [0.25, 0.3) is 5.91 Å². The molecular weight excluding hydrogens is 213 g/mol. The van der Waals surface area contributed by atoms with Gasteiger partial charge in [-0.1, -0.05) is 6.92 Å². The Morgan fingerprint density at radius 1 is 1.60 bits per heavy atom. The minimum absolute atomic E-state index is 0.527. The predicted molar refractivity (Wildman–Crippen MR) is 46.7 cm³/mol. The number of halogens is 3. The van der Waals surface area contributed by atoms with E-state index in [0.29, 0.717) is 6.34 Å². The van der Waals surface area contributed by atoms with Crippen LogP contribution in [0.15, 0.2) is 9.98 Å². The second-order valence-corrected chi connectivity index (χ2v) is 3.23. The predicted octanol–water partition coefficient (Wildman–Crippen LogP) is 0.803. The first kappa shape index (κ1) is 11.8. The third-order valence-electron chi connectivity index (χ3n) is 2.09. The lowest BCUT2D eigenvalue weighted by molar-refractivity contribution is -0.123. The standard InChI is InChI=1S/C8H9F3N2O2/c1-4(2-14)5-6(8(9,10)11)12-3-13-7(5)15/h3-5,14H,2H2,1H3. The molecule has 0 saturated carbocycles. The molecule has 0 spiro atoms. The van der Waals surface area contributed by atoms with E-state index in [4.69, 9.17) is 5.11 Å². The van der Waals surface area contributed by atoms with Crippen LogP contribution >= 0.6 is 0 Å². The molecule has 4 nitrogen and oxygen atoms in total. The molecule has 2 unspecified atom stereocenters. The van der Waals surface area contributed by atoms with Crippen LogP contribution in [-0.2, 0) is 4.79 Å². The second-order valence-electron chi connectivity index (χ2n) is 3.23. The molecule has 7 heteroatoms. The molecule has 1 amide bonds. The van der Waals surface area contributed by atoms with E-state index in [9.17, 15) is 18.0 Å². The number of aliphatic hydroxyl groups is 1. The number of aliphatic imine (C=N–C) groups is 2. The average Bonchev–Trinajstić information content (AvgIpc) is 2.15. The molecule has 1 heterocycles. The fourth-order valence-electron chi connectivity index (χ4n) is 1.29. The first-order chi connectivity index (χ1) is 6.88. The number of hydrogen-bond donors (Lipinski definition) is 1. The molecule has 0 fully saturated rings. The van der Waals surface area contributed by atoms with E-state index in [1.165, 1.54) is 6.92 Å². The number of alkyl halides is 3. The van der Waals surface area contributed by atoms with E-state index in [0.717, 1.165) is 0 Å². The smallest absolute Gasteiger partial charge is 0.396 e. The van der Waals surface area contributed by atoms with Crippen LogP contribution in [0.25, 0.3) is 0 Å². The lowest BCUT2D eigenvalue weighted by atomic mass is 9.88. The Morgan fingerprint density at radius 2 is 2.20 bits per heavy atom. The van der Waals surface area contributed by atoms with Gasteiger partial charge in [0.2, 0.25) is 0 Å². The van der Waals surface area contributed by atoms with Crippen molar-refractivity contribution in [1.29, 1.82) is 0 Å². The highest BCUT2D eigenvalue weighted by Crippen LogP contribution is 2.29. The summed E-state index contributed by atoms with van der Waals surface area (Å²) in [5.41, 5.74) is -1.19. The van der Waals surface area contributed by atoms with Gasteiger partial charge in [-0.25, -0.2) is 9.98 Å². The number of amides is 1. The molecule has 0 aromatic rings. The molecule has 84 valence electrons. The Labute approximate surface area is 83.5 Å². The largest absolute Gasteiger partial charge is 0.430 e. The summed E-state index contributed by atoms with van der Waals surface area (Å²) in [5, 5.41) is 8.76. The van der Waals surface area contributed by atoms with Crippen LogP contribution < -0.4 is 0 Å². The zero-order valence-electron chi connectivity index (χ0n) is 7.82. The molecule has 1 aliphatic heterocycles. The minimum atomic E-state index is -4.67. The Bertz CT molecular complexity index is 322. The fourth-order valence-corrected chi connectivity index (χ4v) is 1.29. The summed E-state index contributed by atoms with van der Waals surface area (Å²) in [5.74, 6) is -3.27. The third-order valence-corrected chi connectivity index (χ3v) is 2.09. The van der Waals surface area contributed by atoms with Gasteiger partial charge in [-0.15, -0.1) is 0 Å². The normalized spacial score (nSPS) is 23.9. The number of aliphatic hydroxyl groups excluding tert-OH is 1. The molecule has 0 radical (unpaired) electrons. The van der Waals surface area contributed by atoms with Crippen LogP contribution in [0, 0.1) is 11.8 Å². The van der Waals surface area contributed by atoms with Crippen LogP contribution in [0.2, 0.25) is 0 Å². The molecule has 0 saturated heterocycles. The lowest BCUT2D eigenvalue weighted by Gasteiger charge is -2.23. The van der Waals surface area contributed by atoms with Gasteiger partial charge in [0, 0.05) is 6.61 Å². The van der Waals surface area contributed by atoms with Crippen molar-refractivity contribution in [2.45, 2.75) is 13.1 Å². The fraction of sp³-hybridized carbons (Fsp3) is 0.625. The maximum absolute atomic E-state index is 12.4. The number of hydrogen-bond acceptors (Lipinski definition) is 3. The number of nitrogens with zero attached hydrogens (tertiary/aromatic N) is 2. The topological polar surface area (TPSA) is 62.0 Å². The van der Waals surface area contributed by atoms with Gasteiger partial charge in [-0.05, 0) is 5.92 Å². The maximum atomic E-state index is 12.4. The van der Waals surface area contributed by atoms with E-state index in [1.54, 1.807) is 0 Å². The molecule has 0 aliphatic carbocycles. The second kappa shape index (κ2) is 4.09. The molecule has 15 heavy (non-hydrogen) atoms. The average molecular weight is 222 g/mol. The van der Waals surface area contributed by atoms with Crippen LogP contribution in [0.3, 0.4) is 0 Å². The molecule has 0 bridgehead atoms. The highest BCUT2D eigenvalue weighted by molar-refractivity contribution is 6.13. The van der Waals surface area contributed by atoms with Crippen LogP contribution in [-0.4, -0.2) is 35.8 Å². The Balaban J connectivity index is 3.05. The van der Waals surface area contributed by atoms with Crippen molar-refractivity contribution in [3.8, 4) is 0 Å². The molecule has 2 atom stereocenters. The first-order valence-corrected chi connectivity index (χ1v) is 4.20. The van der Waals surface area contributed by atoms with Crippen molar-refractivity contribution >= 4 is 18.0 Å². The molecular formula is C8H9F3N2O2. The molecule has 0 aromatic heterocycles. The van der Waals surface area contributed by atoms with Gasteiger partial charge in [0.1, 0.15) is 12.1 Å². The van der Waals surface area contributed by atoms with E-state index < -0.39 is 36.2 Å². The highest BCUT2D eigenvalue weighted by Gasteiger charge is 2.46. The van der Waals surface area contributed by atoms with E-state index in [2.05, 4.69) is 9.98 Å². The summed E-state index contributed by atoms with van der Waals surface area (Å²) in [7, 11) is 0. The molecule has 1 rings (SSSR count). The quantitative estimate of drug-likeness (QED) is 0.751. The molecule has 1 aliphatic rings. The minimum Gasteiger partial charge on any atom is -0.396 e. The van der Waals surface area contributed by atoms with Crippen molar-refractivity contribution in [2.24, 2.45) is 21.8 Å². The Hall–Kier alpha value is -1.24. The summed E-state index contributed by atoms with van der Waals surface area (Å²) < 4.78 is 37.3. The van der Waals surface area contributed by atoms with Crippen molar-refractivity contribution in [3.63, 3.8) is 0 Å². The van der Waals surface area contributed by atoms with E-state index in [-0.39, 0.29) is 0 Å². The molecule has 0 aromatic carbocycles. The zero-order chi connectivity index (χ0) is 11.6. The summed E-state index contributed by atoms with van der Waals surface area (Å²) >= 11 is 0. The first-order valence-electron chi connectivity index (χ1n) is 4.20. The van der Waals surface area contributed by atoms with E-state index >= 15 is 0 Å². The van der Waals surface area contributed by atoms with Gasteiger partial charge in [0.05, 0.1) is 5.92 Å². The van der Waals surface area contributed by atoms with Gasteiger partial charge in [-0.2, -0.15) is 13.2 Å². The van der Waals surface area contributed by atoms with Gasteiger partial charge in [-0.3, -0.25) is 4.79 Å². The van der Waals surface area contributed by atoms with Crippen LogP contribution in [0.1, 0.15) is 6.92 Å². The van der Waals surface area contributed by atoms with Crippen LogP contribution in [0.4, 0.5) is 13.2 Å². The summed E-state index contributed by atoms with van der Waals surface area (Å²) in [6.07, 6.45) is -4.08. The van der Waals surface area contributed by atoms with E-state index in [1.807, 2.05) is 0 Å². The number of carbonyl (C=O) groups excluding carboxylic acids is 1. The van der Waals surface area contributed by atoms with Gasteiger partial charge < -0.3 is 5.11 Å². The highest BCUT2D eigenvalue weighted by atomic mass is 19.4. The zero-order valence-corrected chi connectivity index (χ0v) is 7.82. The van der Waals surface area contributed by atoms with Crippen molar-refractivity contribution in [1.82, 2.24) is 0 Å². The number of rotatable bonds is 2. The monoisotopic (exact) mass is 222 g/mol. The number of carbonyl (C=O) groups is 1. The van der Waals surface area contributed by atoms with Crippen molar-refractivity contribution in [3.05, 3.63) is 0 Å². The van der Waals surface area contributed by atoms with Gasteiger partial charge in [0.15, 0.2) is 0 Å². The summed E-state index contributed by atoms with van der Waals surface area (Å²) in [4.78, 5) is 17.4.